The monoisotopic (exact) mass is 238 g/mol. The van der Waals surface area contributed by atoms with E-state index in [0.717, 1.165) is 13.0 Å². The molecule has 4 heteroatoms. The van der Waals surface area contributed by atoms with Gasteiger partial charge in [-0.3, -0.25) is 10.3 Å². The van der Waals surface area contributed by atoms with E-state index in [9.17, 15) is 0 Å². The van der Waals surface area contributed by atoms with Crippen LogP contribution >= 0.6 is 0 Å². The van der Waals surface area contributed by atoms with E-state index in [2.05, 4.69) is 23.6 Å². The van der Waals surface area contributed by atoms with Crippen LogP contribution in [-0.4, -0.2) is 54.4 Å². The minimum Gasteiger partial charge on any atom is -0.388 e. The largest absolute Gasteiger partial charge is 0.388 e. The normalized spacial score (nSPS) is 25.1. The van der Waals surface area contributed by atoms with Gasteiger partial charge in [-0.05, 0) is 32.1 Å². The molecule has 0 aromatic heterocycles. The average molecular weight is 238 g/mol. The summed E-state index contributed by atoms with van der Waals surface area (Å²) in [6.07, 6.45) is 3.32. The van der Waals surface area contributed by atoms with Gasteiger partial charge in [0.25, 0.3) is 0 Å². The van der Waals surface area contributed by atoms with Crippen LogP contribution in [-0.2, 0) is 0 Å². The highest BCUT2D eigenvalue weighted by Crippen LogP contribution is 2.49. The summed E-state index contributed by atoms with van der Waals surface area (Å²) in [6.45, 7) is 10.4. The smallest absolute Gasteiger partial charge is 0.0911 e. The Balaban J connectivity index is 1.76. The highest BCUT2D eigenvalue weighted by Gasteiger charge is 2.44. The SMILES string of the molecule is CC(C)N1CCN(CC2(CC(=N)N)CC2)CC1. The second-order valence-corrected chi connectivity index (χ2v) is 6.11. The Kier molecular flexibility index (Phi) is 3.73. The number of hydrogen-bond acceptors (Lipinski definition) is 3. The van der Waals surface area contributed by atoms with Gasteiger partial charge in [-0.15, -0.1) is 0 Å². The van der Waals surface area contributed by atoms with Gasteiger partial charge in [0.2, 0.25) is 0 Å². The zero-order valence-electron chi connectivity index (χ0n) is 11.2. The summed E-state index contributed by atoms with van der Waals surface area (Å²) >= 11 is 0. The van der Waals surface area contributed by atoms with E-state index in [1.807, 2.05) is 0 Å². The summed E-state index contributed by atoms with van der Waals surface area (Å²) in [6, 6.07) is 0.671. The summed E-state index contributed by atoms with van der Waals surface area (Å²) in [5, 5.41) is 7.45. The number of hydrogen-bond donors (Lipinski definition) is 2. The van der Waals surface area contributed by atoms with Crippen molar-refractivity contribution in [1.29, 1.82) is 5.41 Å². The van der Waals surface area contributed by atoms with Crippen molar-refractivity contribution in [3.63, 3.8) is 0 Å². The number of piperazine rings is 1. The van der Waals surface area contributed by atoms with Gasteiger partial charge in [0, 0.05) is 45.2 Å². The molecule has 3 N–H and O–H groups in total. The van der Waals surface area contributed by atoms with Crippen LogP contribution in [0.1, 0.15) is 33.1 Å². The van der Waals surface area contributed by atoms with Crippen molar-refractivity contribution < 1.29 is 0 Å². The molecule has 2 aliphatic rings. The number of nitrogens with two attached hydrogens (primary N) is 1. The van der Waals surface area contributed by atoms with Crippen LogP contribution in [0.3, 0.4) is 0 Å². The molecule has 1 heterocycles. The minimum absolute atomic E-state index is 0.364. The highest BCUT2D eigenvalue weighted by molar-refractivity contribution is 5.78. The maximum absolute atomic E-state index is 7.45. The molecule has 0 aromatic carbocycles. The van der Waals surface area contributed by atoms with Crippen LogP contribution in [0, 0.1) is 10.8 Å². The third-order valence-corrected chi connectivity index (χ3v) is 4.22. The first-order valence-corrected chi connectivity index (χ1v) is 6.80. The lowest BCUT2D eigenvalue weighted by molar-refractivity contribution is 0.0940. The van der Waals surface area contributed by atoms with Crippen molar-refractivity contribution in [1.82, 2.24) is 9.80 Å². The van der Waals surface area contributed by atoms with E-state index >= 15 is 0 Å². The summed E-state index contributed by atoms with van der Waals surface area (Å²) < 4.78 is 0. The molecule has 2 fully saturated rings. The second-order valence-electron chi connectivity index (χ2n) is 6.11. The molecule has 1 aliphatic heterocycles. The highest BCUT2D eigenvalue weighted by atomic mass is 15.3. The van der Waals surface area contributed by atoms with Crippen LogP contribution in [0.4, 0.5) is 0 Å². The molecular formula is C13H26N4. The average Bonchev–Trinajstić information content (AvgIpc) is 2.97. The predicted molar refractivity (Wildman–Crippen MR) is 71.3 cm³/mol. The molecular weight excluding hydrogens is 212 g/mol. The molecule has 0 bridgehead atoms. The standard InChI is InChI=1S/C13H26N4/c1-11(2)17-7-5-16(6-8-17)10-13(3-4-13)9-12(14)15/h11H,3-10H2,1-2H3,(H3,14,15). The van der Waals surface area contributed by atoms with Gasteiger partial charge >= 0.3 is 0 Å². The Hall–Kier alpha value is -0.610. The lowest BCUT2D eigenvalue weighted by Crippen LogP contribution is -2.50. The summed E-state index contributed by atoms with van der Waals surface area (Å²) in [4.78, 5) is 5.11. The van der Waals surface area contributed by atoms with Gasteiger partial charge in [0.15, 0.2) is 0 Å². The molecule has 98 valence electrons. The van der Waals surface area contributed by atoms with Crippen molar-refractivity contribution in [2.24, 2.45) is 11.1 Å². The Morgan fingerprint density at radius 1 is 1.24 bits per heavy atom. The van der Waals surface area contributed by atoms with Crippen LogP contribution < -0.4 is 5.73 Å². The van der Waals surface area contributed by atoms with Crippen LogP contribution in [0.15, 0.2) is 0 Å². The molecule has 1 aliphatic carbocycles. The zero-order valence-corrected chi connectivity index (χ0v) is 11.2. The summed E-state index contributed by atoms with van der Waals surface area (Å²) in [5.41, 5.74) is 5.91. The Labute approximate surface area is 105 Å². The fraction of sp³-hybridized carbons (Fsp3) is 0.923. The number of rotatable bonds is 5. The van der Waals surface area contributed by atoms with E-state index in [1.165, 1.54) is 39.0 Å². The van der Waals surface area contributed by atoms with Gasteiger partial charge in [-0.2, -0.15) is 0 Å². The van der Waals surface area contributed by atoms with E-state index in [1.54, 1.807) is 0 Å². The first kappa shape index (κ1) is 12.8. The van der Waals surface area contributed by atoms with Gasteiger partial charge in [-0.1, -0.05) is 0 Å². The topological polar surface area (TPSA) is 56.4 Å². The van der Waals surface area contributed by atoms with E-state index in [-0.39, 0.29) is 0 Å². The van der Waals surface area contributed by atoms with Crippen molar-refractivity contribution in [3.05, 3.63) is 0 Å². The molecule has 0 unspecified atom stereocenters. The zero-order chi connectivity index (χ0) is 12.5. The fourth-order valence-corrected chi connectivity index (χ4v) is 2.88. The van der Waals surface area contributed by atoms with Crippen molar-refractivity contribution in [2.45, 2.75) is 39.2 Å². The molecule has 0 amide bonds. The van der Waals surface area contributed by atoms with E-state index in [4.69, 9.17) is 11.1 Å². The fourth-order valence-electron chi connectivity index (χ4n) is 2.88. The molecule has 2 rings (SSSR count). The van der Waals surface area contributed by atoms with E-state index in [0.29, 0.717) is 17.3 Å². The molecule has 1 saturated heterocycles. The third kappa shape index (κ3) is 3.42. The Morgan fingerprint density at radius 3 is 2.24 bits per heavy atom. The maximum Gasteiger partial charge on any atom is 0.0911 e. The van der Waals surface area contributed by atoms with Crippen LogP contribution in [0.2, 0.25) is 0 Å². The molecule has 0 aromatic rings. The maximum atomic E-state index is 7.45. The van der Waals surface area contributed by atoms with Crippen molar-refractivity contribution in [2.75, 3.05) is 32.7 Å². The van der Waals surface area contributed by atoms with Gasteiger partial charge < -0.3 is 10.6 Å². The molecule has 1 saturated carbocycles. The summed E-state index contributed by atoms with van der Waals surface area (Å²) in [5.74, 6) is 0.364. The molecule has 17 heavy (non-hydrogen) atoms. The Morgan fingerprint density at radius 2 is 1.82 bits per heavy atom. The lowest BCUT2D eigenvalue weighted by Gasteiger charge is -2.38. The van der Waals surface area contributed by atoms with E-state index < -0.39 is 0 Å². The number of nitrogens with zero attached hydrogens (tertiary/aromatic N) is 2. The second kappa shape index (κ2) is 4.94. The third-order valence-electron chi connectivity index (χ3n) is 4.22. The van der Waals surface area contributed by atoms with Gasteiger partial charge in [-0.25, -0.2) is 0 Å². The quantitative estimate of drug-likeness (QED) is 0.557. The minimum atomic E-state index is 0.364. The molecule has 0 radical (unpaired) electrons. The predicted octanol–water partition coefficient (Wildman–Crippen LogP) is 1.12. The molecule has 0 atom stereocenters. The Bertz CT molecular complexity index is 275. The first-order chi connectivity index (χ1) is 8.01. The van der Waals surface area contributed by atoms with Crippen LogP contribution in [0.25, 0.3) is 0 Å². The number of amidine groups is 1. The first-order valence-electron chi connectivity index (χ1n) is 6.80. The van der Waals surface area contributed by atoms with Crippen LogP contribution in [0.5, 0.6) is 0 Å². The lowest BCUT2D eigenvalue weighted by atomic mass is 10.0. The molecule has 0 spiro atoms. The van der Waals surface area contributed by atoms with Crippen molar-refractivity contribution >= 4 is 5.84 Å². The van der Waals surface area contributed by atoms with Gasteiger partial charge in [0.05, 0.1) is 5.84 Å². The summed E-state index contributed by atoms with van der Waals surface area (Å²) in [7, 11) is 0. The molecule has 4 nitrogen and oxygen atoms in total. The van der Waals surface area contributed by atoms with Crippen molar-refractivity contribution in [3.8, 4) is 0 Å². The number of nitrogens with one attached hydrogen (secondary N) is 1. The van der Waals surface area contributed by atoms with Gasteiger partial charge in [0.1, 0.15) is 0 Å².